The number of likely N-dealkylation sites (tertiary alicyclic amines) is 1. The van der Waals surface area contributed by atoms with Crippen molar-refractivity contribution in [3.05, 3.63) is 65.2 Å². The van der Waals surface area contributed by atoms with Crippen molar-refractivity contribution in [1.29, 1.82) is 0 Å². The fourth-order valence-corrected chi connectivity index (χ4v) is 4.57. The highest BCUT2D eigenvalue weighted by atomic mass is 32.2. The first-order chi connectivity index (χ1) is 12.8. The first-order valence-corrected chi connectivity index (χ1v) is 10.4. The molecule has 2 aromatic rings. The van der Waals surface area contributed by atoms with Crippen LogP contribution in [0.25, 0.3) is 0 Å². The molecule has 0 saturated carbocycles. The monoisotopic (exact) mass is 387 g/mol. The molecule has 0 unspecified atom stereocenters. The Balaban J connectivity index is 1.74. The summed E-state index contributed by atoms with van der Waals surface area (Å²) in [7, 11) is -3.47. The van der Waals surface area contributed by atoms with Crippen molar-refractivity contribution in [2.24, 2.45) is 0 Å². The second kappa shape index (κ2) is 7.52. The van der Waals surface area contributed by atoms with E-state index in [9.17, 15) is 23.1 Å². The average Bonchev–Trinajstić information content (AvgIpc) is 3.12. The van der Waals surface area contributed by atoms with E-state index in [-0.39, 0.29) is 16.6 Å². The highest BCUT2D eigenvalue weighted by Gasteiger charge is 2.34. The van der Waals surface area contributed by atoms with E-state index in [4.69, 9.17) is 0 Å². The van der Waals surface area contributed by atoms with Crippen LogP contribution in [-0.4, -0.2) is 42.9 Å². The Morgan fingerprint density at radius 3 is 2.30 bits per heavy atom. The summed E-state index contributed by atoms with van der Waals surface area (Å²) in [6.45, 7) is 2.31. The fourth-order valence-electron chi connectivity index (χ4n) is 3.22. The zero-order valence-electron chi connectivity index (χ0n) is 15.0. The van der Waals surface area contributed by atoms with Crippen molar-refractivity contribution in [3.63, 3.8) is 0 Å². The van der Waals surface area contributed by atoms with E-state index in [0.29, 0.717) is 30.5 Å². The Labute approximate surface area is 158 Å². The number of rotatable bonds is 5. The number of carboxylic acids is 1. The van der Waals surface area contributed by atoms with Crippen molar-refractivity contribution in [1.82, 2.24) is 4.90 Å². The Hall–Kier alpha value is -2.67. The number of benzene rings is 2. The van der Waals surface area contributed by atoms with Gasteiger partial charge in [0.25, 0.3) is 5.91 Å². The topological polar surface area (TPSA) is 91.8 Å². The highest BCUT2D eigenvalue weighted by Crippen LogP contribution is 2.22. The van der Waals surface area contributed by atoms with E-state index < -0.39 is 21.8 Å². The van der Waals surface area contributed by atoms with Crippen LogP contribution in [0.1, 0.15) is 34.3 Å². The molecule has 1 atom stereocenters. The summed E-state index contributed by atoms with van der Waals surface area (Å²) in [5.74, 6) is -1.50. The first kappa shape index (κ1) is 19.1. The van der Waals surface area contributed by atoms with Gasteiger partial charge in [0.05, 0.1) is 10.6 Å². The second-order valence-corrected chi connectivity index (χ2v) is 8.75. The van der Waals surface area contributed by atoms with Gasteiger partial charge < -0.3 is 10.0 Å². The molecule has 1 N–H and O–H groups in total. The molecule has 0 aromatic heterocycles. The summed E-state index contributed by atoms with van der Waals surface area (Å²) >= 11 is 0. The maximum Gasteiger partial charge on any atom is 0.326 e. The van der Waals surface area contributed by atoms with Gasteiger partial charge in [-0.15, -0.1) is 0 Å². The van der Waals surface area contributed by atoms with E-state index in [0.717, 1.165) is 5.56 Å². The summed E-state index contributed by atoms with van der Waals surface area (Å²) < 4.78 is 25.0. The molecule has 1 fully saturated rings. The normalized spacial score (nSPS) is 17.1. The van der Waals surface area contributed by atoms with Gasteiger partial charge in [-0.05, 0) is 49.6 Å². The van der Waals surface area contributed by atoms with Crippen LogP contribution < -0.4 is 0 Å². The molecule has 1 saturated heterocycles. The van der Waals surface area contributed by atoms with E-state index in [1.54, 1.807) is 48.5 Å². The molecule has 1 aliphatic rings. The molecule has 2 aromatic carbocycles. The lowest BCUT2D eigenvalue weighted by Crippen LogP contribution is -2.40. The van der Waals surface area contributed by atoms with Crippen molar-refractivity contribution < 1.29 is 23.1 Å². The number of hydrogen-bond acceptors (Lipinski definition) is 4. The summed E-state index contributed by atoms with van der Waals surface area (Å²) in [6.07, 6.45) is 1.11. The Kier molecular flexibility index (Phi) is 5.32. The number of sulfone groups is 1. The predicted octanol–water partition coefficient (Wildman–Crippen LogP) is 2.66. The third-order valence-corrected chi connectivity index (χ3v) is 6.44. The van der Waals surface area contributed by atoms with Gasteiger partial charge in [-0.25, -0.2) is 13.2 Å². The molecule has 27 heavy (non-hydrogen) atoms. The van der Waals surface area contributed by atoms with Crippen molar-refractivity contribution >= 4 is 21.7 Å². The van der Waals surface area contributed by atoms with Crippen molar-refractivity contribution in [2.75, 3.05) is 6.54 Å². The summed E-state index contributed by atoms with van der Waals surface area (Å²) in [5, 5.41) is 9.22. The molecule has 0 radical (unpaired) electrons. The van der Waals surface area contributed by atoms with Gasteiger partial charge in [0.1, 0.15) is 6.04 Å². The molecule has 0 aliphatic carbocycles. The van der Waals surface area contributed by atoms with Gasteiger partial charge in [0.15, 0.2) is 9.84 Å². The standard InChI is InChI=1S/C20H21NO5S/c1-14-4-10-17(11-5-14)27(25,26)13-15-6-8-16(9-7-15)19(22)21-12-2-3-18(21)20(23)24/h4-11,18H,2-3,12-13H2,1H3,(H,23,24)/t18-/m1/s1. The SMILES string of the molecule is Cc1ccc(S(=O)(=O)Cc2ccc(C(=O)N3CCC[C@@H]3C(=O)O)cc2)cc1. The zero-order chi connectivity index (χ0) is 19.6. The maximum atomic E-state index is 12.6. The van der Waals surface area contributed by atoms with E-state index in [1.807, 2.05) is 6.92 Å². The van der Waals surface area contributed by atoms with Crippen LogP contribution in [0.4, 0.5) is 0 Å². The van der Waals surface area contributed by atoms with Crippen LogP contribution in [0.15, 0.2) is 53.4 Å². The predicted molar refractivity (Wildman–Crippen MR) is 100 cm³/mol. The smallest absolute Gasteiger partial charge is 0.326 e. The molecule has 1 amide bonds. The summed E-state index contributed by atoms with van der Waals surface area (Å²) in [5.41, 5.74) is 1.92. The van der Waals surface area contributed by atoms with Crippen molar-refractivity contribution in [2.45, 2.75) is 36.5 Å². The number of carbonyl (C=O) groups is 2. The van der Waals surface area contributed by atoms with E-state index in [1.165, 1.54) is 4.90 Å². The van der Waals surface area contributed by atoms with Gasteiger partial charge in [-0.2, -0.15) is 0 Å². The minimum absolute atomic E-state index is 0.161. The van der Waals surface area contributed by atoms with Crippen LogP contribution in [0.2, 0.25) is 0 Å². The Morgan fingerprint density at radius 1 is 1.07 bits per heavy atom. The number of aliphatic carboxylic acids is 1. The molecule has 0 bridgehead atoms. The largest absolute Gasteiger partial charge is 0.480 e. The van der Waals surface area contributed by atoms with Crippen LogP contribution >= 0.6 is 0 Å². The molecular weight excluding hydrogens is 366 g/mol. The third kappa shape index (κ3) is 4.19. The molecule has 1 heterocycles. The van der Waals surface area contributed by atoms with Crippen LogP contribution in [0, 0.1) is 6.92 Å². The van der Waals surface area contributed by atoms with Gasteiger partial charge in [0, 0.05) is 12.1 Å². The minimum Gasteiger partial charge on any atom is -0.480 e. The number of hydrogen-bond donors (Lipinski definition) is 1. The minimum atomic E-state index is -3.47. The molecule has 3 rings (SSSR count). The van der Waals surface area contributed by atoms with Crippen LogP contribution in [0.3, 0.4) is 0 Å². The summed E-state index contributed by atoms with van der Waals surface area (Å²) in [4.78, 5) is 25.4. The quantitative estimate of drug-likeness (QED) is 0.852. The summed E-state index contributed by atoms with van der Waals surface area (Å²) in [6, 6.07) is 12.2. The number of carbonyl (C=O) groups excluding carboxylic acids is 1. The van der Waals surface area contributed by atoms with E-state index in [2.05, 4.69) is 0 Å². The van der Waals surface area contributed by atoms with E-state index >= 15 is 0 Å². The molecule has 142 valence electrons. The Bertz CT molecular complexity index is 949. The lowest BCUT2D eigenvalue weighted by molar-refractivity contribution is -0.141. The van der Waals surface area contributed by atoms with Crippen molar-refractivity contribution in [3.8, 4) is 0 Å². The highest BCUT2D eigenvalue weighted by molar-refractivity contribution is 7.90. The second-order valence-electron chi connectivity index (χ2n) is 6.76. The van der Waals surface area contributed by atoms with Crippen LogP contribution in [-0.2, 0) is 20.4 Å². The van der Waals surface area contributed by atoms with Gasteiger partial charge in [0.2, 0.25) is 0 Å². The third-order valence-electron chi connectivity index (χ3n) is 4.74. The first-order valence-electron chi connectivity index (χ1n) is 8.70. The molecular formula is C20H21NO5S. The number of carboxylic acid groups (broad SMARTS) is 1. The van der Waals surface area contributed by atoms with Crippen LogP contribution in [0.5, 0.6) is 0 Å². The number of aryl methyl sites for hydroxylation is 1. The molecule has 0 spiro atoms. The fraction of sp³-hybridized carbons (Fsp3) is 0.300. The van der Waals surface area contributed by atoms with Gasteiger partial charge in [-0.3, -0.25) is 4.79 Å². The lowest BCUT2D eigenvalue weighted by atomic mass is 10.1. The Morgan fingerprint density at radius 2 is 1.70 bits per heavy atom. The molecule has 6 nitrogen and oxygen atoms in total. The maximum absolute atomic E-state index is 12.6. The number of nitrogens with zero attached hydrogens (tertiary/aromatic N) is 1. The average molecular weight is 387 g/mol. The van der Waals surface area contributed by atoms with Gasteiger partial charge in [-0.1, -0.05) is 29.8 Å². The zero-order valence-corrected chi connectivity index (χ0v) is 15.8. The molecule has 7 heteroatoms. The number of amides is 1. The van der Waals surface area contributed by atoms with Gasteiger partial charge >= 0.3 is 5.97 Å². The lowest BCUT2D eigenvalue weighted by Gasteiger charge is -2.21. The molecule has 1 aliphatic heterocycles.